The largest absolute Gasteiger partial charge is 0.393 e. The van der Waals surface area contributed by atoms with Gasteiger partial charge in [0.15, 0.2) is 6.10 Å². The fraction of sp³-hybridized carbons (Fsp3) is 0.905. The molecule has 1 unspecified atom stereocenters. The quantitative estimate of drug-likeness (QED) is 0.120. The van der Waals surface area contributed by atoms with E-state index < -0.39 is 30.4 Å². The van der Waals surface area contributed by atoms with Crippen molar-refractivity contribution in [1.82, 2.24) is 0 Å². The third-order valence-electron chi connectivity index (χ3n) is 4.84. The van der Waals surface area contributed by atoms with Crippen molar-refractivity contribution in [3.05, 3.63) is 0 Å². The molecule has 4 N–H and O–H groups in total. The van der Waals surface area contributed by atoms with E-state index in [4.69, 9.17) is 10.2 Å². The first kappa shape index (κ1) is 27.0. The minimum absolute atomic E-state index is 0.244. The van der Waals surface area contributed by atoms with E-state index in [1.165, 1.54) is 57.8 Å². The van der Waals surface area contributed by atoms with Crippen LogP contribution in [0, 0.1) is 0 Å². The molecule has 7 nitrogen and oxygen atoms in total. The minimum atomic E-state index is -2.76. The minimum Gasteiger partial charge on any atom is -0.393 e. The average Bonchev–Trinajstić information content (AvgIpc) is 2.67. The predicted octanol–water partition coefficient (Wildman–Crippen LogP) is 2.96. The summed E-state index contributed by atoms with van der Waals surface area (Å²) in [5.74, 6) is -5.69. The highest BCUT2D eigenvalue weighted by Crippen LogP contribution is 2.17. The molecule has 0 aromatic carbocycles. The predicted molar refractivity (Wildman–Crippen MR) is 106 cm³/mol. The van der Waals surface area contributed by atoms with Crippen LogP contribution in [0.4, 0.5) is 0 Å². The molecule has 0 rings (SSSR count). The highest BCUT2D eigenvalue weighted by molar-refractivity contribution is 5.91. The lowest BCUT2D eigenvalue weighted by molar-refractivity contribution is -0.214. The van der Waals surface area contributed by atoms with Gasteiger partial charge in [-0.25, -0.2) is 9.59 Å². The Morgan fingerprint density at radius 1 is 0.786 bits per heavy atom. The molecule has 166 valence electrons. The van der Waals surface area contributed by atoms with E-state index in [0.29, 0.717) is 6.42 Å². The van der Waals surface area contributed by atoms with Crippen molar-refractivity contribution in [3.63, 3.8) is 0 Å². The summed E-state index contributed by atoms with van der Waals surface area (Å²) in [5.41, 5.74) is 0. The van der Waals surface area contributed by atoms with Gasteiger partial charge in [0.1, 0.15) is 0 Å². The molecule has 0 saturated carbocycles. The summed E-state index contributed by atoms with van der Waals surface area (Å²) in [6, 6.07) is 0. The van der Waals surface area contributed by atoms with E-state index in [1.54, 1.807) is 0 Å². The SMILES string of the molecule is CCCCCCCCCCCCCCCCC(O)(O)C(=O)OC(=O)C(O)CO. The zero-order valence-corrected chi connectivity index (χ0v) is 17.4. The molecule has 0 radical (unpaired) electrons. The van der Waals surface area contributed by atoms with Crippen LogP contribution in [0.1, 0.15) is 103 Å². The van der Waals surface area contributed by atoms with Gasteiger partial charge in [-0.05, 0) is 6.42 Å². The second-order valence-corrected chi connectivity index (χ2v) is 7.57. The number of aliphatic hydroxyl groups is 4. The van der Waals surface area contributed by atoms with Crippen LogP contribution < -0.4 is 0 Å². The molecule has 0 bridgehead atoms. The van der Waals surface area contributed by atoms with Crippen LogP contribution in [0.15, 0.2) is 0 Å². The first-order valence-corrected chi connectivity index (χ1v) is 10.8. The molecule has 0 aromatic rings. The van der Waals surface area contributed by atoms with Gasteiger partial charge in [-0.15, -0.1) is 0 Å². The highest BCUT2D eigenvalue weighted by atomic mass is 16.6. The molecule has 7 heteroatoms. The zero-order valence-electron chi connectivity index (χ0n) is 17.4. The first-order chi connectivity index (χ1) is 13.3. The van der Waals surface area contributed by atoms with Crippen molar-refractivity contribution < 1.29 is 34.8 Å². The molecule has 1 atom stereocenters. The second kappa shape index (κ2) is 16.9. The van der Waals surface area contributed by atoms with Crippen LogP contribution in [-0.2, 0) is 14.3 Å². The molecule has 0 heterocycles. The van der Waals surface area contributed by atoms with Crippen LogP contribution in [0.25, 0.3) is 0 Å². The van der Waals surface area contributed by atoms with E-state index in [1.807, 2.05) is 0 Å². The number of aliphatic hydroxyl groups excluding tert-OH is 2. The van der Waals surface area contributed by atoms with Crippen molar-refractivity contribution >= 4 is 11.9 Å². The Morgan fingerprint density at radius 3 is 1.57 bits per heavy atom. The average molecular weight is 405 g/mol. The Morgan fingerprint density at radius 2 is 1.18 bits per heavy atom. The van der Waals surface area contributed by atoms with Crippen molar-refractivity contribution in [2.24, 2.45) is 0 Å². The van der Waals surface area contributed by atoms with Gasteiger partial charge in [-0.2, -0.15) is 0 Å². The van der Waals surface area contributed by atoms with Crippen LogP contribution in [0.5, 0.6) is 0 Å². The summed E-state index contributed by atoms with van der Waals surface area (Å²) in [4.78, 5) is 22.7. The molecule has 0 fully saturated rings. The van der Waals surface area contributed by atoms with Gasteiger partial charge in [0, 0.05) is 6.42 Å². The number of unbranched alkanes of at least 4 members (excludes halogenated alkanes) is 13. The van der Waals surface area contributed by atoms with Gasteiger partial charge in [0.05, 0.1) is 6.61 Å². The summed E-state index contributed by atoms with van der Waals surface area (Å²) in [6.45, 7) is 1.32. The van der Waals surface area contributed by atoms with Gasteiger partial charge in [0.2, 0.25) is 0 Å². The molecule has 0 aromatic heterocycles. The van der Waals surface area contributed by atoms with Crippen LogP contribution >= 0.6 is 0 Å². The molecular weight excluding hydrogens is 364 g/mol. The van der Waals surface area contributed by atoms with Crippen LogP contribution in [0.2, 0.25) is 0 Å². The number of carbonyl (C=O) groups excluding carboxylic acids is 2. The third kappa shape index (κ3) is 14.0. The monoisotopic (exact) mass is 404 g/mol. The normalized spacial score (nSPS) is 12.8. The van der Waals surface area contributed by atoms with Crippen molar-refractivity contribution in [1.29, 1.82) is 0 Å². The van der Waals surface area contributed by atoms with Crippen molar-refractivity contribution in [2.75, 3.05) is 6.61 Å². The maximum atomic E-state index is 11.5. The number of hydrogen-bond donors (Lipinski definition) is 4. The van der Waals surface area contributed by atoms with Crippen molar-refractivity contribution in [2.45, 2.75) is 115 Å². The van der Waals surface area contributed by atoms with Gasteiger partial charge < -0.3 is 25.2 Å². The standard InChI is InChI=1S/C21H40O7/c1-2-3-4-5-6-7-8-9-10-11-12-13-14-15-16-21(26,27)20(25)28-19(24)18(23)17-22/h18,22-23,26-27H,2-17H2,1H3. The molecule has 0 aliphatic carbocycles. The second-order valence-electron chi connectivity index (χ2n) is 7.57. The van der Waals surface area contributed by atoms with Gasteiger partial charge >= 0.3 is 11.9 Å². The van der Waals surface area contributed by atoms with Gasteiger partial charge in [-0.1, -0.05) is 90.4 Å². The molecule has 0 amide bonds. The van der Waals surface area contributed by atoms with E-state index in [-0.39, 0.29) is 6.42 Å². The maximum absolute atomic E-state index is 11.5. The van der Waals surface area contributed by atoms with Crippen LogP contribution in [-0.4, -0.2) is 50.9 Å². The van der Waals surface area contributed by atoms with E-state index in [9.17, 15) is 19.8 Å². The maximum Gasteiger partial charge on any atom is 0.374 e. The number of carbonyl (C=O) groups is 2. The van der Waals surface area contributed by atoms with Crippen molar-refractivity contribution in [3.8, 4) is 0 Å². The Balaban J connectivity index is 3.58. The third-order valence-corrected chi connectivity index (χ3v) is 4.84. The summed E-state index contributed by atoms with van der Waals surface area (Å²) in [6.07, 6.45) is 14.0. The summed E-state index contributed by atoms with van der Waals surface area (Å²) >= 11 is 0. The van der Waals surface area contributed by atoms with E-state index >= 15 is 0 Å². The molecule has 0 aliphatic rings. The summed E-state index contributed by atoms with van der Waals surface area (Å²) in [7, 11) is 0. The number of ether oxygens (including phenoxy) is 1. The fourth-order valence-electron chi connectivity index (χ4n) is 2.98. The number of hydrogen-bond acceptors (Lipinski definition) is 7. The van der Waals surface area contributed by atoms with Gasteiger partial charge in [-0.3, -0.25) is 0 Å². The van der Waals surface area contributed by atoms with E-state index in [2.05, 4.69) is 11.7 Å². The smallest absolute Gasteiger partial charge is 0.374 e. The molecule has 28 heavy (non-hydrogen) atoms. The topological polar surface area (TPSA) is 124 Å². The molecular formula is C21H40O7. The lowest BCUT2D eigenvalue weighted by atomic mass is 10.0. The highest BCUT2D eigenvalue weighted by Gasteiger charge is 2.37. The Hall–Kier alpha value is -1.02. The van der Waals surface area contributed by atoms with Crippen LogP contribution in [0.3, 0.4) is 0 Å². The summed E-state index contributed by atoms with van der Waals surface area (Å²) < 4.78 is 4.15. The molecule has 0 saturated heterocycles. The lowest BCUT2D eigenvalue weighted by Crippen LogP contribution is -2.43. The first-order valence-electron chi connectivity index (χ1n) is 10.8. The summed E-state index contributed by atoms with van der Waals surface area (Å²) in [5, 5.41) is 36.9. The molecule has 0 aliphatic heterocycles. The lowest BCUT2D eigenvalue weighted by Gasteiger charge is -2.19. The van der Waals surface area contributed by atoms with E-state index in [0.717, 1.165) is 25.7 Å². The molecule has 0 spiro atoms. The van der Waals surface area contributed by atoms with Gasteiger partial charge in [0.25, 0.3) is 5.79 Å². The Kier molecular flexibility index (Phi) is 16.3. The number of rotatable bonds is 18. The zero-order chi connectivity index (χ0) is 21.3. The Bertz CT molecular complexity index is 410. The fourth-order valence-corrected chi connectivity index (χ4v) is 2.98. The number of esters is 2. The Labute approximate surface area is 169 Å².